The highest BCUT2D eigenvalue weighted by molar-refractivity contribution is 5.28. The van der Waals surface area contributed by atoms with Gasteiger partial charge in [-0.05, 0) is 25.1 Å². The topological polar surface area (TPSA) is 35.2 Å². The Labute approximate surface area is 90.4 Å². The fourth-order valence-corrected chi connectivity index (χ4v) is 1.02. The third kappa shape index (κ3) is 3.73. The Balaban J connectivity index is 2.82. The standard InChI is InChI=1S/C13H15NO/c1-3-4-10-13(11(2)14)15-12-8-6-5-7-9-12/h3-10H,1,14H2,2H3/b10-4-,13-11-. The molecule has 2 N–H and O–H groups in total. The van der Waals surface area contributed by atoms with Gasteiger partial charge in [-0.1, -0.05) is 36.9 Å². The molecule has 0 bridgehead atoms. The van der Waals surface area contributed by atoms with Gasteiger partial charge < -0.3 is 10.5 Å². The molecule has 0 aliphatic carbocycles. The van der Waals surface area contributed by atoms with E-state index < -0.39 is 0 Å². The van der Waals surface area contributed by atoms with Crippen LogP contribution in [0.2, 0.25) is 0 Å². The van der Waals surface area contributed by atoms with E-state index in [0.29, 0.717) is 11.5 Å². The summed E-state index contributed by atoms with van der Waals surface area (Å²) in [6.45, 7) is 5.39. The molecule has 0 saturated heterocycles. The van der Waals surface area contributed by atoms with Gasteiger partial charge >= 0.3 is 0 Å². The van der Waals surface area contributed by atoms with E-state index in [0.717, 1.165) is 5.75 Å². The molecule has 0 fully saturated rings. The van der Waals surface area contributed by atoms with Gasteiger partial charge in [-0.3, -0.25) is 0 Å². The maximum atomic E-state index is 5.69. The number of rotatable bonds is 4. The molecule has 0 aromatic heterocycles. The SMILES string of the molecule is C=C/C=C\C(Oc1ccccc1)=C(/C)N. The van der Waals surface area contributed by atoms with E-state index in [-0.39, 0.29) is 0 Å². The molecule has 1 aromatic carbocycles. The highest BCUT2D eigenvalue weighted by atomic mass is 16.5. The van der Waals surface area contributed by atoms with Crippen LogP contribution in [0.1, 0.15) is 6.92 Å². The normalized spacial score (nSPS) is 12.3. The van der Waals surface area contributed by atoms with E-state index in [1.165, 1.54) is 0 Å². The second-order valence-corrected chi connectivity index (χ2v) is 3.06. The van der Waals surface area contributed by atoms with Crippen LogP contribution in [0.5, 0.6) is 5.75 Å². The monoisotopic (exact) mass is 201 g/mol. The van der Waals surface area contributed by atoms with E-state index in [1.54, 1.807) is 25.2 Å². The van der Waals surface area contributed by atoms with E-state index in [2.05, 4.69) is 6.58 Å². The van der Waals surface area contributed by atoms with Crippen molar-refractivity contribution in [2.24, 2.45) is 5.73 Å². The molecule has 0 unspecified atom stereocenters. The molecule has 0 amide bonds. The molecule has 2 heteroatoms. The van der Waals surface area contributed by atoms with E-state index in [9.17, 15) is 0 Å². The van der Waals surface area contributed by atoms with Gasteiger partial charge in [0.05, 0.1) is 0 Å². The van der Waals surface area contributed by atoms with Crippen LogP contribution in [-0.2, 0) is 0 Å². The van der Waals surface area contributed by atoms with Crippen LogP contribution >= 0.6 is 0 Å². The van der Waals surface area contributed by atoms with Gasteiger partial charge in [-0.25, -0.2) is 0 Å². The van der Waals surface area contributed by atoms with Gasteiger partial charge in [0, 0.05) is 5.70 Å². The largest absolute Gasteiger partial charge is 0.456 e. The van der Waals surface area contributed by atoms with Crippen LogP contribution in [0.4, 0.5) is 0 Å². The Kier molecular flexibility index (Phi) is 4.23. The molecule has 0 heterocycles. The summed E-state index contributed by atoms with van der Waals surface area (Å²) < 4.78 is 5.60. The van der Waals surface area contributed by atoms with Crippen LogP contribution in [0.25, 0.3) is 0 Å². The fraction of sp³-hybridized carbons (Fsp3) is 0.0769. The molecule has 0 saturated carbocycles. The van der Waals surface area contributed by atoms with E-state index in [1.807, 2.05) is 30.3 Å². The molecule has 0 aliphatic rings. The first-order valence-corrected chi connectivity index (χ1v) is 4.72. The maximum Gasteiger partial charge on any atom is 0.145 e. The minimum atomic E-state index is 0.636. The molecule has 1 aromatic rings. The van der Waals surface area contributed by atoms with Gasteiger partial charge in [0.2, 0.25) is 0 Å². The fourth-order valence-electron chi connectivity index (χ4n) is 1.02. The molecule has 0 radical (unpaired) electrons. The predicted octanol–water partition coefficient (Wildman–Crippen LogP) is 3.00. The molecule has 2 nitrogen and oxygen atoms in total. The lowest BCUT2D eigenvalue weighted by molar-refractivity contribution is 0.437. The Bertz CT molecular complexity index is 373. The number of allylic oxidation sites excluding steroid dienone is 4. The van der Waals surface area contributed by atoms with Crippen molar-refractivity contribution in [3.63, 3.8) is 0 Å². The third-order valence-electron chi connectivity index (χ3n) is 1.74. The second kappa shape index (κ2) is 5.70. The lowest BCUT2D eigenvalue weighted by atomic mass is 10.3. The van der Waals surface area contributed by atoms with Crippen LogP contribution in [0.15, 0.2) is 66.6 Å². The zero-order valence-electron chi connectivity index (χ0n) is 8.81. The van der Waals surface area contributed by atoms with Crippen LogP contribution in [0.3, 0.4) is 0 Å². The van der Waals surface area contributed by atoms with Crippen molar-refractivity contribution in [3.05, 3.63) is 66.6 Å². The number of hydrogen-bond donors (Lipinski definition) is 1. The summed E-state index contributed by atoms with van der Waals surface area (Å²) >= 11 is 0. The quantitative estimate of drug-likeness (QED) is 0.600. The summed E-state index contributed by atoms with van der Waals surface area (Å²) in [6.07, 6.45) is 5.25. The Morgan fingerprint density at radius 3 is 2.53 bits per heavy atom. The van der Waals surface area contributed by atoms with Gasteiger partial charge in [0.15, 0.2) is 0 Å². The molecule has 1 rings (SSSR count). The lowest BCUT2D eigenvalue weighted by Crippen LogP contribution is -2.02. The second-order valence-electron chi connectivity index (χ2n) is 3.06. The number of hydrogen-bond acceptors (Lipinski definition) is 2. The van der Waals surface area contributed by atoms with Crippen LogP contribution < -0.4 is 10.5 Å². The number of nitrogens with two attached hydrogens (primary N) is 1. The summed E-state index contributed by atoms with van der Waals surface area (Å²) in [5, 5.41) is 0. The lowest BCUT2D eigenvalue weighted by Gasteiger charge is -2.07. The molecule has 0 aliphatic heterocycles. The maximum absolute atomic E-state index is 5.69. The van der Waals surface area contributed by atoms with Crippen molar-refractivity contribution >= 4 is 0 Å². The number of para-hydroxylation sites is 1. The zero-order chi connectivity index (χ0) is 11.1. The predicted molar refractivity (Wildman–Crippen MR) is 63.3 cm³/mol. The van der Waals surface area contributed by atoms with Crippen molar-refractivity contribution in [2.75, 3.05) is 0 Å². The van der Waals surface area contributed by atoms with E-state index in [4.69, 9.17) is 10.5 Å². The van der Waals surface area contributed by atoms with Crippen molar-refractivity contribution in [2.45, 2.75) is 6.92 Å². The van der Waals surface area contributed by atoms with Gasteiger partial charge in [-0.2, -0.15) is 0 Å². The van der Waals surface area contributed by atoms with Crippen LogP contribution in [0, 0.1) is 0 Å². The minimum absolute atomic E-state index is 0.636. The molecule has 0 spiro atoms. The van der Waals surface area contributed by atoms with Crippen LogP contribution in [-0.4, -0.2) is 0 Å². The average molecular weight is 201 g/mol. The average Bonchev–Trinajstić information content (AvgIpc) is 2.25. The highest BCUT2D eigenvalue weighted by Gasteiger charge is 1.98. The Morgan fingerprint density at radius 1 is 1.33 bits per heavy atom. The molecule has 15 heavy (non-hydrogen) atoms. The third-order valence-corrected chi connectivity index (χ3v) is 1.74. The van der Waals surface area contributed by atoms with E-state index >= 15 is 0 Å². The summed E-state index contributed by atoms with van der Waals surface area (Å²) in [6, 6.07) is 9.52. The Morgan fingerprint density at radius 2 is 2.00 bits per heavy atom. The molecule has 78 valence electrons. The van der Waals surface area contributed by atoms with Crippen molar-refractivity contribution in [1.29, 1.82) is 0 Å². The summed E-state index contributed by atoms with van der Waals surface area (Å²) in [4.78, 5) is 0. The number of ether oxygens (including phenoxy) is 1. The molecular weight excluding hydrogens is 186 g/mol. The van der Waals surface area contributed by atoms with Gasteiger partial charge in [0.1, 0.15) is 11.5 Å². The summed E-state index contributed by atoms with van der Waals surface area (Å²) in [5.74, 6) is 1.41. The first kappa shape index (κ1) is 11.1. The number of benzene rings is 1. The minimum Gasteiger partial charge on any atom is -0.456 e. The van der Waals surface area contributed by atoms with Crippen molar-refractivity contribution < 1.29 is 4.74 Å². The molecule has 0 atom stereocenters. The zero-order valence-corrected chi connectivity index (χ0v) is 8.81. The van der Waals surface area contributed by atoms with Gasteiger partial charge in [-0.15, -0.1) is 0 Å². The Hall–Kier alpha value is -1.96. The first-order valence-electron chi connectivity index (χ1n) is 4.72. The summed E-state index contributed by atoms with van der Waals surface area (Å²) in [5.41, 5.74) is 6.33. The van der Waals surface area contributed by atoms with Gasteiger partial charge in [0.25, 0.3) is 0 Å². The first-order chi connectivity index (χ1) is 7.24. The van der Waals surface area contributed by atoms with Crippen molar-refractivity contribution in [1.82, 2.24) is 0 Å². The summed E-state index contributed by atoms with van der Waals surface area (Å²) in [7, 11) is 0. The smallest absolute Gasteiger partial charge is 0.145 e. The van der Waals surface area contributed by atoms with Crippen molar-refractivity contribution in [3.8, 4) is 5.75 Å². The molecular formula is C13H15NO. The highest BCUT2D eigenvalue weighted by Crippen LogP contribution is 2.14.